The molecule has 6 rings (SSSR count). The minimum Gasteiger partial charge on any atom is -0.481 e. The van der Waals surface area contributed by atoms with E-state index in [-0.39, 0.29) is 5.75 Å². The molecule has 39 heavy (non-hydrogen) atoms. The van der Waals surface area contributed by atoms with Crippen LogP contribution in [-0.4, -0.2) is 80.9 Å². The normalized spacial score (nSPS) is 19.9. The summed E-state index contributed by atoms with van der Waals surface area (Å²) in [6.45, 7) is 9.54. The number of nitrogens with zero attached hydrogens (tertiary/aromatic N) is 5. The molecule has 0 unspecified atom stereocenters. The van der Waals surface area contributed by atoms with Crippen LogP contribution >= 0.6 is 11.3 Å². The number of aryl methyl sites for hydroxylation is 1. The first-order valence-electron chi connectivity index (χ1n) is 13.9. The Labute approximate surface area is 234 Å². The van der Waals surface area contributed by atoms with Crippen molar-refractivity contribution in [3.63, 3.8) is 0 Å². The lowest BCUT2D eigenvalue weighted by Gasteiger charge is -2.48. The molecule has 3 aliphatic rings. The van der Waals surface area contributed by atoms with Crippen molar-refractivity contribution < 1.29 is 13.2 Å². The number of anilines is 1. The molecular formula is C28H38N6O3S2. The van der Waals surface area contributed by atoms with Crippen molar-refractivity contribution in [2.75, 3.05) is 57.5 Å². The van der Waals surface area contributed by atoms with Crippen LogP contribution in [0.4, 0.5) is 5.95 Å². The fourth-order valence-electron chi connectivity index (χ4n) is 6.18. The van der Waals surface area contributed by atoms with Gasteiger partial charge >= 0.3 is 0 Å². The van der Waals surface area contributed by atoms with Crippen molar-refractivity contribution in [3.8, 4) is 17.1 Å². The third-order valence-corrected chi connectivity index (χ3v) is 10.5. The summed E-state index contributed by atoms with van der Waals surface area (Å²) < 4.78 is 30.8. The minimum atomic E-state index is -3.27. The predicted octanol–water partition coefficient (Wildman–Crippen LogP) is 3.79. The molecule has 0 bridgehead atoms. The van der Waals surface area contributed by atoms with Crippen LogP contribution in [0.15, 0.2) is 12.3 Å². The van der Waals surface area contributed by atoms with Gasteiger partial charge in [-0.2, -0.15) is 0 Å². The van der Waals surface area contributed by atoms with E-state index >= 15 is 0 Å². The maximum Gasteiger partial charge on any atom is 0.226 e. The first-order chi connectivity index (χ1) is 18.7. The van der Waals surface area contributed by atoms with Crippen molar-refractivity contribution in [2.45, 2.75) is 51.3 Å². The van der Waals surface area contributed by atoms with E-state index in [1.54, 1.807) is 17.5 Å². The highest BCUT2D eigenvalue weighted by Crippen LogP contribution is 2.40. The van der Waals surface area contributed by atoms with Crippen molar-refractivity contribution in [3.05, 3.63) is 28.3 Å². The summed E-state index contributed by atoms with van der Waals surface area (Å²) in [6, 6.07) is 1.88. The van der Waals surface area contributed by atoms with E-state index in [0.717, 1.165) is 86.1 Å². The molecule has 6 heterocycles. The van der Waals surface area contributed by atoms with Crippen LogP contribution in [0, 0.1) is 12.3 Å². The number of fused-ring (bicyclic) bond motifs is 1. The van der Waals surface area contributed by atoms with E-state index in [0.29, 0.717) is 16.9 Å². The first-order valence-corrected chi connectivity index (χ1v) is 16.8. The van der Waals surface area contributed by atoms with Crippen LogP contribution in [0.2, 0.25) is 0 Å². The quantitative estimate of drug-likeness (QED) is 0.455. The zero-order valence-electron chi connectivity index (χ0n) is 23.1. The van der Waals surface area contributed by atoms with Gasteiger partial charge in [-0.1, -0.05) is 0 Å². The zero-order chi connectivity index (χ0) is 27.2. The van der Waals surface area contributed by atoms with Gasteiger partial charge in [-0.15, -0.1) is 11.3 Å². The number of aromatic nitrogens is 3. The summed E-state index contributed by atoms with van der Waals surface area (Å²) in [5, 5.41) is 3.46. The monoisotopic (exact) mass is 570 g/mol. The SMILES string of the molecule is COc1ncc(-c2nc(N3CCCCC3)nc3c(CN4CCC5(CC4)CNC5)c(C)sc23)cc1CS(C)(=O)=O. The molecule has 1 N–H and O–H groups in total. The third-order valence-electron chi connectivity index (χ3n) is 8.57. The number of nitrogens with one attached hydrogen (secondary N) is 1. The molecule has 9 nitrogen and oxygen atoms in total. The number of piperidine rings is 2. The molecule has 0 aromatic carbocycles. The van der Waals surface area contributed by atoms with Gasteiger partial charge in [-0.25, -0.2) is 23.4 Å². The van der Waals surface area contributed by atoms with Crippen LogP contribution in [0.1, 0.15) is 48.1 Å². The lowest BCUT2D eigenvalue weighted by atomic mass is 9.73. The average molecular weight is 571 g/mol. The smallest absolute Gasteiger partial charge is 0.226 e. The Balaban J connectivity index is 1.42. The van der Waals surface area contributed by atoms with E-state index in [9.17, 15) is 8.42 Å². The van der Waals surface area contributed by atoms with Gasteiger partial charge in [0.15, 0.2) is 9.84 Å². The number of rotatable bonds is 7. The van der Waals surface area contributed by atoms with Crippen LogP contribution in [0.3, 0.4) is 0 Å². The summed E-state index contributed by atoms with van der Waals surface area (Å²) >= 11 is 1.73. The number of sulfone groups is 1. The van der Waals surface area contributed by atoms with Crippen molar-refractivity contribution >= 4 is 37.3 Å². The van der Waals surface area contributed by atoms with Crippen LogP contribution in [-0.2, 0) is 22.1 Å². The second-order valence-electron chi connectivity index (χ2n) is 11.6. The Morgan fingerprint density at radius 2 is 1.85 bits per heavy atom. The molecule has 3 saturated heterocycles. The highest BCUT2D eigenvalue weighted by molar-refractivity contribution is 7.89. The fourth-order valence-corrected chi connectivity index (χ4v) is 8.06. The number of hydrogen-bond donors (Lipinski definition) is 1. The summed E-state index contributed by atoms with van der Waals surface area (Å²) in [5.41, 5.74) is 4.99. The molecule has 3 aromatic rings. The van der Waals surface area contributed by atoms with Crippen LogP contribution < -0.4 is 15.0 Å². The minimum absolute atomic E-state index is 0.134. The Morgan fingerprint density at radius 3 is 2.49 bits per heavy atom. The molecule has 1 spiro atoms. The second kappa shape index (κ2) is 10.6. The number of methoxy groups -OCH3 is 1. The molecule has 0 saturated carbocycles. The highest BCUT2D eigenvalue weighted by Gasteiger charge is 2.39. The Morgan fingerprint density at radius 1 is 1.10 bits per heavy atom. The van der Waals surface area contributed by atoms with Gasteiger partial charge in [0.05, 0.1) is 28.8 Å². The lowest BCUT2D eigenvalue weighted by Crippen LogP contribution is -2.58. The second-order valence-corrected chi connectivity index (χ2v) is 14.9. The first kappa shape index (κ1) is 26.9. The van der Waals surface area contributed by atoms with Gasteiger partial charge < -0.3 is 15.0 Å². The molecule has 210 valence electrons. The summed E-state index contributed by atoms with van der Waals surface area (Å²) in [5.74, 6) is 0.957. The maximum atomic E-state index is 12.2. The molecule has 0 aliphatic carbocycles. The number of likely N-dealkylation sites (tertiary alicyclic amines) is 1. The highest BCUT2D eigenvalue weighted by atomic mass is 32.2. The van der Waals surface area contributed by atoms with E-state index < -0.39 is 9.84 Å². The van der Waals surface area contributed by atoms with Gasteiger partial charge in [0.2, 0.25) is 11.8 Å². The van der Waals surface area contributed by atoms with E-state index in [4.69, 9.17) is 14.7 Å². The fraction of sp³-hybridized carbons (Fsp3) is 0.607. The molecule has 3 fully saturated rings. The average Bonchev–Trinajstić information content (AvgIpc) is 3.22. The van der Waals surface area contributed by atoms with Gasteiger partial charge in [-0.05, 0) is 63.6 Å². The molecule has 0 amide bonds. The molecule has 3 aromatic heterocycles. The third kappa shape index (κ3) is 5.51. The lowest BCUT2D eigenvalue weighted by molar-refractivity contribution is 0.0521. The van der Waals surface area contributed by atoms with E-state index in [1.165, 1.54) is 43.1 Å². The maximum absolute atomic E-state index is 12.2. The van der Waals surface area contributed by atoms with Gasteiger partial charge in [0.25, 0.3) is 0 Å². The Kier molecular flexibility index (Phi) is 7.28. The summed E-state index contributed by atoms with van der Waals surface area (Å²) in [7, 11) is -1.75. The standard InChI is InChI=1S/C28H38N6O3S2/c1-19-22(15-33-11-7-28(8-12-33)17-29-18-28)24-25(38-19)23(31-27(32-24)34-9-5-4-6-10-34)20-13-21(16-39(3,35)36)26(37-2)30-14-20/h13-14,29H,4-12,15-18H2,1-3H3. The molecule has 0 atom stereocenters. The topological polar surface area (TPSA) is 101 Å². The number of thiophene rings is 1. The van der Waals surface area contributed by atoms with Crippen molar-refractivity contribution in [2.24, 2.45) is 5.41 Å². The molecule has 11 heteroatoms. The van der Waals surface area contributed by atoms with E-state index in [2.05, 4.69) is 27.0 Å². The Bertz CT molecular complexity index is 1470. The summed E-state index contributed by atoms with van der Waals surface area (Å²) in [6.07, 6.45) is 8.99. The predicted molar refractivity (Wildman–Crippen MR) is 156 cm³/mol. The van der Waals surface area contributed by atoms with E-state index in [1.807, 2.05) is 6.07 Å². The van der Waals surface area contributed by atoms with Gasteiger partial charge in [-0.3, -0.25) is 4.90 Å². The van der Waals surface area contributed by atoms with Crippen LogP contribution in [0.25, 0.3) is 21.5 Å². The Hall–Kier alpha value is -2.34. The van der Waals surface area contributed by atoms with Gasteiger partial charge in [0, 0.05) is 66.7 Å². The van der Waals surface area contributed by atoms with Crippen molar-refractivity contribution in [1.82, 2.24) is 25.2 Å². The zero-order valence-corrected chi connectivity index (χ0v) is 24.8. The molecule has 0 radical (unpaired) electrons. The van der Waals surface area contributed by atoms with Crippen LogP contribution in [0.5, 0.6) is 5.88 Å². The summed E-state index contributed by atoms with van der Waals surface area (Å²) in [4.78, 5) is 20.9. The molecule has 3 aliphatic heterocycles. The van der Waals surface area contributed by atoms with Gasteiger partial charge in [0.1, 0.15) is 0 Å². The largest absolute Gasteiger partial charge is 0.481 e. The number of hydrogen-bond acceptors (Lipinski definition) is 10. The van der Waals surface area contributed by atoms with Crippen molar-refractivity contribution in [1.29, 1.82) is 0 Å². The number of ether oxygens (including phenoxy) is 1. The molecular weight excluding hydrogens is 532 g/mol. The number of pyridine rings is 1.